The molecule has 1 unspecified atom stereocenters. The van der Waals surface area contributed by atoms with Crippen LogP contribution in [0.4, 0.5) is 4.39 Å². The summed E-state index contributed by atoms with van der Waals surface area (Å²) >= 11 is 1.25. The van der Waals surface area contributed by atoms with Crippen LogP contribution in [0.1, 0.15) is 27.7 Å². The van der Waals surface area contributed by atoms with Crippen molar-refractivity contribution in [3.63, 3.8) is 0 Å². The molecule has 0 aliphatic rings. The van der Waals surface area contributed by atoms with Crippen LogP contribution in [0, 0.1) is 5.82 Å². The van der Waals surface area contributed by atoms with E-state index in [0.717, 1.165) is 4.70 Å². The molecule has 0 spiro atoms. The van der Waals surface area contributed by atoms with E-state index in [-0.39, 0.29) is 24.7 Å². The highest BCUT2D eigenvalue weighted by Gasteiger charge is 2.24. The van der Waals surface area contributed by atoms with Gasteiger partial charge < -0.3 is 19.9 Å². The van der Waals surface area contributed by atoms with Crippen LogP contribution in [-0.4, -0.2) is 24.7 Å². The number of ether oxygens (including phenoxy) is 3. The smallest absolute Gasteiger partial charge is 0.348 e. The number of aromatic nitrogens is 1. The zero-order valence-corrected chi connectivity index (χ0v) is 17.9. The quantitative estimate of drug-likeness (QED) is 0.452. The monoisotopic (exact) mass is 434 g/mol. The normalized spacial score (nSPS) is 10.8. The summed E-state index contributed by atoms with van der Waals surface area (Å²) in [4.78, 5) is 17.0. The highest BCUT2D eigenvalue weighted by Crippen LogP contribution is 2.37. The molecule has 0 aliphatic heterocycles. The van der Waals surface area contributed by atoms with Gasteiger partial charge in [0.15, 0.2) is 11.6 Å². The Balaban J connectivity index is 2.04. The maximum atomic E-state index is 14.6. The summed E-state index contributed by atoms with van der Waals surface area (Å²) in [5.41, 5.74) is 6.90. The Bertz CT molecular complexity index is 1080. The van der Waals surface area contributed by atoms with Gasteiger partial charge in [0.25, 0.3) is 0 Å². The number of fused-ring (bicyclic) bond motifs is 1. The lowest BCUT2D eigenvalue weighted by atomic mass is 10.1. The van der Waals surface area contributed by atoms with Gasteiger partial charge in [0.05, 0.1) is 19.1 Å². The van der Waals surface area contributed by atoms with Crippen molar-refractivity contribution in [2.45, 2.75) is 13.5 Å². The van der Waals surface area contributed by atoms with Gasteiger partial charge in [-0.1, -0.05) is 6.58 Å². The minimum atomic E-state index is -0.582. The highest BCUT2D eigenvalue weighted by molar-refractivity contribution is 7.27. The lowest BCUT2D eigenvalue weighted by Gasteiger charge is -2.13. The number of esters is 1. The molecule has 2 heterocycles. The molecular weight excluding hydrogens is 414 g/mol. The standard InChI is InChI=1S/C20H20FN2O4PS/c1-4-26-20(24)18-12(16-15(29-18)5-6-23-19(16)25-3)9-27-17-13(21)7-11(10(2)22)8-14(17)28/h5-8H,2,4,9,22,28H2,1,3H3. The fraction of sp³-hybridized carbons (Fsp3) is 0.200. The maximum absolute atomic E-state index is 14.6. The summed E-state index contributed by atoms with van der Waals surface area (Å²) in [6, 6.07) is 4.69. The molecular formula is C20H20FN2O4PS. The molecule has 0 radical (unpaired) electrons. The van der Waals surface area contributed by atoms with E-state index in [1.165, 1.54) is 24.5 Å². The summed E-state index contributed by atoms with van der Waals surface area (Å²) in [6.45, 7) is 5.51. The van der Waals surface area contributed by atoms with E-state index in [2.05, 4.69) is 20.8 Å². The van der Waals surface area contributed by atoms with Crippen LogP contribution < -0.4 is 20.5 Å². The second kappa shape index (κ2) is 8.76. The molecule has 0 bridgehead atoms. The van der Waals surface area contributed by atoms with Crippen molar-refractivity contribution in [3.8, 4) is 11.6 Å². The summed E-state index contributed by atoms with van der Waals surface area (Å²) in [7, 11) is 3.91. The first-order chi connectivity index (χ1) is 13.9. The molecule has 1 atom stereocenters. The van der Waals surface area contributed by atoms with E-state index in [9.17, 15) is 9.18 Å². The van der Waals surface area contributed by atoms with E-state index in [0.29, 0.717) is 32.6 Å². The number of thiophene rings is 1. The van der Waals surface area contributed by atoms with Gasteiger partial charge in [-0.3, -0.25) is 0 Å². The van der Waals surface area contributed by atoms with Gasteiger partial charge in [0.1, 0.15) is 11.5 Å². The van der Waals surface area contributed by atoms with Crippen LogP contribution in [-0.2, 0) is 11.3 Å². The van der Waals surface area contributed by atoms with Gasteiger partial charge in [-0.25, -0.2) is 14.2 Å². The van der Waals surface area contributed by atoms with Crippen molar-refractivity contribution >= 4 is 47.6 Å². The summed E-state index contributed by atoms with van der Waals surface area (Å²) < 4.78 is 31.7. The molecule has 2 aromatic heterocycles. The van der Waals surface area contributed by atoms with Crippen molar-refractivity contribution in [1.29, 1.82) is 0 Å². The fourth-order valence-corrected chi connectivity index (χ4v) is 4.31. The summed E-state index contributed by atoms with van der Waals surface area (Å²) in [5, 5.41) is 1.12. The molecule has 2 N–H and O–H groups in total. The van der Waals surface area contributed by atoms with Crippen molar-refractivity contribution < 1.29 is 23.4 Å². The Morgan fingerprint density at radius 2 is 2.17 bits per heavy atom. The Morgan fingerprint density at radius 1 is 1.41 bits per heavy atom. The molecule has 6 nitrogen and oxygen atoms in total. The number of hydrogen-bond donors (Lipinski definition) is 1. The first kappa shape index (κ1) is 21.0. The van der Waals surface area contributed by atoms with E-state index in [1.807, 2.05) is 0 Å². The number of methoxy groups -OCH3 is 1. The maximum Gasteiger partial charge on any atom is 0.348 e. The molecule has 29 heavy (non-hydrogen) atoms. The van der Waals surface area contributed by atoms with E-state index in [1.54, 1.807) is 25.3 Å². The van der Waals surface area contributed by atoms with Gasteiger partial charge in [-0.15, -0.1) is 20.6 Å². The molecule has 0 saturated carbocycles. The average molecular weight is 434 g/mol. The van der Waals surface area contributed by atoms with E-state index in [4.69, 9.17) is 19.9 Å². The number of carbonyl (C=O) groups excluding carboxylic acids is 1. The molecule has 0 saturated heterocycles. The van der Waals surface area contributed by atoms with Crippen LogP contribution in [0.5, 0.6) is 11.6 Å². The third kappa shape index (κ3) is 4.18. The number of nitrogens with two attached hydrogens (primary N) is 1. The van der Waals surface area contributed by atoms with Crippen LogP contribution >= 0.6 is 20.6 Å². The first-order valence-electron chi connectivity index (χ1n) is 8.65. The number of benzene rings is 1. The van der Waals surface area contributed by atoms with Gasteiger partial charge in [-0.2, -0.15) is 0 Å². The third-order valence-electron chi connectivity index (χ3n) is 4.12. The lowest BCUT2D eigenvalue weighted by Crippen LogP contribution is -2.11. The van der Waals surface area contributed by atoms with E-state index < -0.39 is 11.8 Å². The number of halogens is 1. The van der Waals surface area contributed by atoms with Crippen LogP contribution in [0.25, 0.3) is 15.8 Å². The second-order valence-electron chi connectivity index (χ2n) is 6.01. The topological polar surface area (TPSA) is 83.7 Å². The molecule has 9 heteroatoms. The first-order valence-corrected chi connectivity index (χ1v) is 10.0. The van der Waals surface area contributed by atoms with Crippen molar-refractivity contribution in [1.82, 2.24) is 4.98 Å². The fourth-order valence-electron chi connectivity index (χ4n) is 2.82. The molecule has 0 aliphatic carbocycles. The van der Waals surface area contributed by atoms with Crippen LogP contribution in [0.2, 0.25) is 0 Å². The van der Waals surface area contributed by atoms with Crippen molar-refractivity contribution in [3.05, 3.63) is 52.8 Å². The number of rotatable bonds is 7. The zero-order chi connectivity index (χ0) is 21.1. The Kier molecular flexibility index (Phi) is 6.35. The van der Waals surface area contributed by atoms with Gasteiger partial charge in [0, 0.05) is 33.0 Å². The molecule has 1 aromatic carbocycles. The van der Waals surface area contributed by atoms with E-state index >= 15 is 0 Å². The predicted octanol–water partition coefficient (Wildman–Crippen LogP) is 3.63. The zero-order valence-electron chi connectivity index (χ0n) is 16.0. The summed E-state index contributed by atoms with van der Waals surface area (Å²) in [5.74, 6) is -0.664. The molecule has 3 aromatic rings. The predicted molar refractivity (Wildman–Crippen MR) is 115 cm³/mol. The lowest BCUT2D eigenvalue weighted by molar-refractivity contribution is 0.0529. The Hall–Kier alpha value is -2.70. The van der Waals surface area contributed by atoms with Gasteiger partial charge in [0.2, 0.25) is 5.88 Å². The number of hydrogen-bond acceptors (Lipinski definition) is 7. The molecule has 152 valence electrons. The highest BCUT2D eigenvalue weighted by atomic mass is 32.1. The summed E-state index contributed by atoms with van der Waals surface area (Å²) in [6.07, 6.45) is 1.59. The Labute approximate surface area is 173 Å². The minimum Gasteiger partial charge on any atom is -0.485 e. The minimum absolute atomic E-state index is 0.0389. The average Bonchev–Trinajstić information content (AvgIpc) is 3.06. The number of pyridine rings is 1. The van der Waals surface area contributed by atoms with Gasteiger partial charge >= 0.3 is 5.97 Å². The number of carbonyl (C=O) groups is 1. The SMILES string of the molecule is C=C(N)c1cc(F)c(OCc2c(C(=O)OCC)sc3ccnc(OC)c23)c(P)c1. The van der Waals surface area contributed by atoms with Crippen molar-refractivity contribution in [2.24, 2.45) is 5.73 Å². The molecule has 3 rings (SSSR count). The Morgan fingerprint density at radius 3 is 2.79 bits per heavy atom. The van der Waals surface area contributed by atoms with Crippen molar-refractivity contribution in [2.75, 3.05) is 13.7 Å². The largest absolute Gasteiger partial charge is 0.485 e. The second-order valence-corrected chi connectivity index (χ2v) is 7.69. The molecule has 0 fully saturated rings. The third-order valence-corrected chi connectivity index (χ3v) is 5.73. The van der Waals surface area contributed by atoms with Crippen LogP contribution in [0.15, 0.2) is 31.0 Å². The van der Waals surface area contributed by atoms with Gasteiger partial charge in [-0.05, 0) is 25.1 Å². The molecule has 0 amide bonds. The number of nitrogens with zero attached hydrogens (tertiary/aromatic N) is 1. The van der Waals surface area contributed by atoms with Crippen LogP contribution in [0.3, 0.4) is 0 Å².